The standard InChI is InChI=1S/C7H13NO/c1-6(5-8)4-7(2)9-3/h4-5H,8H2,1-3H3/b6-5+,7-4+. The Morgan fingerprint density at radius 3 is 2.33 bits per heavy atom. The lowest BCUT2D eigenvalue weighted by Gasteiger charge is -1.96. The number of allylic oxidation sites excluding steroid dienone is 3. The molecule has 0 saturated carbocycles. The van der Waals surface area contributed by atoms with Crippen LogP contribution in [0.15, 0.2) is 23.6 Å². The third-order valence-corrected chi connectivity index (χ3v) is 1.02. The van der Waals surface area contributed by atoms with Crippen molar-refractivity contribution in [2.75, 3.05) is 7.11 Å². The first-order chi connectivity index (χ1) is 4.20. The van der Waals surface area contributed by atoms with E-state index in [-0.39, 0.29) is 0 Å². The molecule has 0 aliphatic rings. The molecule has 2 heteroatoms. The van der Waals surface area contributed by atoms with Crippen LogP contribution in [-0.2, 0) is 4.74 Å². The maximum absolute atomic E-state index is 5.21. The van der Waals surface area contributed by atoms with E-state index in [0.717, 1.165) is 11.3 Å². The lowest BCUT2D eigenvalue weighted by molar-refractivity contribution is 0.293. The van der Waals surface area contributed by atoms with Crippen LogP contribution in [0.5, 0.6) is 0 Å². The van der Waals surface area contributed by atoms with E-state index in [1.54, 1.807) is 13.3 Å². The summed E-state index contributed by atoms with van der Waals surface area (Å²) in [6, 6.07) is 0. The lowest BCUT2D eigenvalue weighted by atomic mass is 10.3. The zero-order valence-corrected chi connectivity index (χ0v) is 6.14. The largest absolute Gasteiger partial charge is 0.501 e. The summed E-state index contributed by atoms with van der Waals surface area (Å²) in [4.78, 5) is 0. The summed E-state index contributed by atoms with van der Waals surface area (Å²) in [6.07, 6.45) is 3.42. The van der Waals surface area contributed by atoms with Gasteiger partial charge in [-0.05, 0) is 31.7 Å². The Morgan fingerprint density at radius 1 is 1.44 bits per heavy atom. The van der Waals surface area contributed by atoms with Crippen LogP contribution >= 0.6 is 0 Å². The maximum atomic E-state index is 5.21. The molecule has 0 aliphatic carbocycles. The van der Waals surface area contributed by atoms with E-state index in [2.05, 4.69) is 0 Å². The molecule has 0 aliphatic heterocycles. The van der Waals surface area contributed by atoms with E-state index in [9.17, 15) is 0 Å². The summed E-state index contributed by atoms with van der Waals surface area (Å²) in [6.45, 7) is 3.80. The van der Waals surface area contributed by atoms with Gasteiger partial charge in [-0.25, -0.2) is 0 Å². The fourth-order valence-corrected chi connectivity index (χ4v) is 0.428. The third-order valence-electron chi connectivity index (χ3n) is 1.02. The molecule has 0 spiro atoms. The fraction of sp³-hybridized carbons (Fsp3) is 0.429. The van der Waals surface area contributed by atoms with E-state index >= 15 is 0 Å². The molecule has 0 unspecified atom stereocenters. The zero-order valence-electron chi connectivity index (χ0n) is 6.14. The molecule has 2 N–H and O–H groups in total. The van der Waals surface area contributed by atoms with Crippen LogP contribution in [0.3, 0.4) is 0 Å². The highest BCUT2D eigenvalue weighted by atomic mass is 16.5. The molecule has 0 fully saturated rings. The molecule has 0 aromatic heterocycles. The maximum Gasteiger partial charge on any atom is 0.0927 e. The molecule has 0 radical (unpaired) electrons. The first-order valence-corrected chi connectivity index (χ1v) is 2.81. The van der Waals surface area contributed by atoms with Crippen LogP contribution in [0, 0.1) is 0 Å². The Balaban J connectivity index is 3.95. The normalized spacial score (nSPS) is 13.7. The monoisotopic (exact) mass is 127 g/mol. The van der Waals surface area contributed by atoms with Crippen molar-refractivity contribution in [3.8, 4) is 0 Å². The summed E-state index contributed by atoms with van der Waals surface area (Å²) in [5, 5.41) is 0. The zero-order chi connectivity index (χ0) is 7.28. The smallest absolute Gasteiger partial charge is 0.0927 e. The van der Waals surface area contributed by atoms with Gasteiger partial charge in [0.15, 0.2) is 0 Å². The van der Waals surface area contributed by atoms with Crippen molar-refractivity contribution in [2.24, 2.45) is 5.73 Å². The molecule has 0 rings (SSSR count). The van der Waals surface area contributed by atoms with Gasteiger partial charge in [0.05, 0.1) is 12.9 Å². The highest BCUT2D eigenvalue weighted by molar-refractivity contribution is 5.16. The van der Waals surface area contributed by atoms with Gasteiger partial charge in [-0.15, -0.1) is 0 Å². The van der Waals surface area contributed by atoms with Crippen LogP contribution in [0.25, 0.3) is 0 Å². The van der Waals surface area contributed by atoms with E-state index in [1.165, 1.54) is 0 Å². The molecule has 0 heterocycles. The Labute approximate surface area is 56.0 Å². The number of rotatable bonds is 2. The molecule has 0 bridgehead atoms. The first-order valence-electron chi connectivity index (χ1n) is 2.81. The number of nitrogens with two attached hydrogens (primary N) is 1. The van der Waals surface area contributed by atoms with Crippen LogP contribution in [-0.4, -0.2) is 7.11 Å². The minimum atomic E-state index is 0.870. The summed E-state index contributed by atoms with van der Waals surface area (Å²) < 4.78 is 4.89. The highest BCUT2D eigenvalue weighted by Gasteiger charge is 1.83. The molecule has 0 atom stereocenters. The number of hydrogen-bond acceptors (Lipinski definition) is 2. The van der Waals surface area contributed by atoms with Crippen molar-refractivity contribution in [3.63, 3.8) is 0 Å². The second-order valence-corrected chi connectivity index (χ2v) is 1.87. The van der Waals surface area contributed by atoms with Crippen molar-refractivity contribution >= 4 is 0 Å². The van der Waals surface area contributed by atoms with E-state index < -0.39 is 0 Å². The highest BCUT2D eigenvalue weighted by Crippen LogP contribution is 1.98. The van der Waals surface area contributed by atoms with Crippen LogP contribution in [0.2, 0.25) is 0 Å². The Kier molecular flexibility index (Phi) is 3.60. The van der Waals surface area contributed by atoms with E-state index in [0.29, 0.717) is 0 Å². The van der Waals surface area contributed by atoms with Gasteiger partial charge >= 0.3 is 0 Å². The van der Waals surface area contributed by atoms with Crippen molar-refractivity contribution in [1.82, 2.24) is 0 Å². The van der Waals surface area contributed by atoms with Crippen LogP contribution < -0.4 is 5.73 Å². The minimum absolute atomic E-state index is 0.870. The Hall–Kier alpha value is -0.920. The molecule has 0 amide bonds. The molecule has 0 saturated heterocycles. The third kappa shape index (κ3) is 3.64. The molecule has 0 aromatic carbocycles. The molecule has 2 nitrogen and oxygen atoms in total. The average molecular weight is 127 g/mol. The van der Waals surface area contributed by atoms with Crippen molar-refractivity contribution in [2.45, 2.75) is 13.8 Å². The van der Waals surface area contributed by atoms with Gasteiger partial charge in [0.2, 0.25) is 0 Å². The molecule has 52 valence electrons. The fourth-order valence-electron chi connectivity index (χ4n) is 0.428. The molecular weight excluding hydrogens is 114 g/mol. The van der Waals surface area contributed by atoms with Crippen LogP contribution in [0.1, 0.15) is 13.8 Å². The van der Waals surface area contributed by atoms with Gasteiger partial charge in [0.25, 0.3) is 0 Å². The van der Waals surface area contributed by atoms with Gasteiger partial charge in [0, 0.05) is 0 Å². The summed E-state index contributed by atoms with van der Waals surface area (Å²) in [5.74, 6) is 0.870. The number of methoxy groups -OCH3 is 1. The Morgan fingerprint density at radius 2 is 2.00 bits per heavy atom. The molecular formula is C7H13NO. The van der Waals surface area contributed by atoms with Crippen molar-refractivity contribution in [3.05, 3.63) is 23.6 Å². The molecule has 0 aromatic rings. The number of hydrogen-bond donors (Lipinski definition) is 1. The first kappa shape index (κ1) is 8.08. The van der Waals surface area contributed by atoms with Crippen molar-refractivity contribution in [1.29, 1.82) is 0 Å². The number of ether oxygens (including phenoxy) is 1. The average Bonchev–Trinajstić information content (AvgIpc) is 1.87. The van der Waals surface area contributed by atoms with Gasteiger partial charge in [-0.1, -0.05) is 0 Å². The predicted octanol–water partition coefficient (Wildman–Crippen LogP) is 1.40. The topological polar surface area (TPSA) is 35.2 Å². The summed E-state index contributed by atoms with van der Waals surface area (Å²) in [5.41, 5.74) is 6.22. The van der Waals surface area contributed by atoms with Crippen LogP contribution in [0.4, 0.5) is 0 Å². The molecule has 9 heavy (non-hydrogen) atoms. The van der Waals surface area contributed by atoms with E-state index in [4.69, 9.17) is 10.5 Å². The van der Waals surface area contributed by atoms with Gasteiger partial charge < -0.3 is 10.5 Å². The second-order valence-electron chi connectivity index (χ2n) is 1.87. The van der Waals surface area contributed by atoms with Gasteiger partial charge in [-0.3, -0.25) is 0 Å². The summed E-state index contributed by atoms with van der Waals surface area (Å²) >= 11 is 0. The van der Waals surface area contributed by atoms with Gasteiger partial charge in [-0.2, -0.15) is 0 Å². The SMILES string of the molecule is CO/C(C)=C/C(C)=C/N. The second kappa shape index (κ2) is 4.01. The van der Waals surface area contributed by atoms with Gasteiger partial charge in [0.1, 0.15) is 0 Å². The van der Waals surface area contributed by atoms with Crippen molar-refractivity contribution < 1.29 is 4.74 Å². The quantitative estimate of drug-likeness (QED) is 0.449. The minimum Gasteiger partial charge on any atom is -0.501 e. The van der Waals surface area contributed by atoms with E-state index in [1.807, 2.05) is 19.9 Å². The predicted molar refractivity (Wildman–Crippen MR) is 38.7 cm³/mol. The summed E-state index contributed by atoms with van der Waals surface area (Å²) in [7, 11) is 1.63. The Bertz CT molecular complexity index is 136. The lowest BCUT2D eigenvalue weighted by Crippen LogP contribution is -1.84.